The average molecular weight is 210 g/mol. The van der Waals surface area contributed by atoms with Gasteiger partial charge < -0.3 is 10.1 Å². The van der Waals surface area contributed by atoms with Crippen molar-refractivity contribution in [3.8, 4) is 0 Å². The molecule has 3 aliphatic rings. The zero-order chi connectivity index (χ0) is 10.4. The molecular formula is C11H18N2O2. The first kappa shape index (κ1) is 9.60. The first-order chi connectivity index (χ1) is 7.29. The van der Waals surface area contributed by atoms with Crippen LogP contribution in [0.25, 0.3) is 0 Å². The van der Waals surface area contributed by atoms with Gasteiger partial charge in [-0.15, -0.1) is 0 Å². The van der Waals surface area contributed by atoms with Crippen LogP contribution in [0.5, 0.6) is 0 Å². The van der Waals surface area contributed by atoms with Crippen LogP contribution in [0.4, 0.5) is 0 Å². The molecule has 0 aromatic rings. The second kappa shape index (κ2) is 3.46. The summed E-state index contributed by atoms with van der Waals surface area (Å²) < 4.78 is 5.89. The summed E-state index contributed by atoms with van der Waals surface area (Å²) in [4.78, 5) is 14.0. The van der Waals surface area contributed by atoms with Crippen LogP contribution < -0.4 is 5.32 Å². The molecule has 4 heteroatoms. The molecule has 0 spiro atoms. The standard InChI is InChI=1S/C11H18N2O2/c1-2-3-9(14)12-10-8-6-13-5-4-7(15-8)11(10)13/h7-8,10-11H,2-6H2,1H3,(H,12,14). The van der Waals surface area contributed by atoms with Gasteiger partial charge in [0, 0.05) is 19.5 Å². The third-order valence-electron chi connectivity index (χ3n) is 3.84. The van der Waals surface area contributed by atoms with Crippen molar-refractivity contribution in [2.45, 2.75) is 50.5 Å². The third kappa shape index (κ3) is 1.39. The summed E-state index contributed by atoms with van der Waals surface area (Å²) in [5.41, 5.74) is 0. The van der Waals surface area contributed by atoms with Gasteiger partial charge in [0.05, 0.1) is 24.3 Å². The van der Waals surface area contributed by atoms with Crippen molar-refractivity contribution in [2.24, 2.45) is 0 Å². The van der Waals surface area contributed by atoms with Crippen molar-refractivity contribution in [3.05, 3.63) is 0 Å². The highest BCUT2D eigenvalue weighted by Crippen LogP contribution is 2.39. The lowest BCUT2D eigenvalue weighted by atomic mass is 10.1. The lowest BCUT2D eigenvalue weighted by molar-refractivity contribution is -0.122. The lowest BCUT2D eigenvalue weighted by Gasteiger charge is -2.21. The molecule has 3 rings (SSSR count). The number of nitrogens with one attached hydrogen (secondary N) is 1. The molecule has 2 bridgehead atoms. The van der Waals surface area contributed by atoms with E-state index in [4.69, 9.17) is 4.74 Å². The van der Waals surface area contributed by atoms with Gasteiger partial charge in [-0.3, -0.25) is 9.69 Å². The van der Waals surface area contributed by atoms with Crippen LogP contribution in [0, 0.1) is 0 Å². The Kier molecular flexibility index (Phi) is 2.21. The number of fused-ring (bicyclic) bond motifs is 1. The van der Waals surface area contributed by atoms with Gasteiger partial charge in [-0.25, -0.2) is 0 Å². The van der Waals surface area contributed by atoms with Crippen molar-refractivity contribution in [1.82, 2.24) is 10.2 Å². The number of nitrogens with zero attached hydrogens (tertiary/aromatic N) is 1. The first-order valence-corrected chi connectivity index (χ1v) is 5.98. The summed E-state index contributed by atoms with van der Waals surface area (Å²) in [5, 5.41) is 3.14. The summed E-state index contributed by atoms with van der Waals surface area (Å²) in [5.74, 6) is 0.186. The number of rotatable bonds is 3. The van der Waals surface area contributed by atoms with E-state index in [-0.39, 0.29) is 18.1 Å². The fourth-order valence-corrected chi connectivity index (χ4v) is 3.25. The maximum atomic E-state index is 11.6. The lowest BCUT2D eigenvalue weighted by Crippen LogP contribution is -2.44. The number of carbonyl (C=O) groups is 1. The smallest absolute Gasteiger partial charge is 0.220 e. The molecule has 0 aromatic carbocycles. The molecule has 3 heterocycles. The molecule has 1 amide bonds. The fourth-order valence-electron chi connectivity index (χ4n) is 3.25. The van der Waals surface area contributed by atoms with Gasteiger partial charge in [0.25, 0.3) is 0 Å². The van der Waals surface area contributed by atoms with Gasteiger partial charge in [0.1, 0.15) is 0 Å². The normalized spacial score (nSPS) is 42.5. The van der Waals surface area contributed by atoms with E-state index in [1.165, 1.54) is 0 Å². The van der Waals surface area contributed by atoms with Crippen LogP contribution in [0.1, 0.15) is 26.2 Å². The largest absolute Gasteiger partial charge is 0.370 e. The van der Waals surface area contributed by atoms with Crippen LogP contribution in [0.3, 0.4) is 0 Å². The van der Waals surface area contributed by atoms with Gasteiger partial charge in [-0.2, -0.15) is 0 Å². The Balaban J connectivity index is 1.66. The van der Waals surface area contributed by atoms with Crippen molar-refractivity contribution >= 4 is 5.91 Å². The highest BCUT2D eigenvalue weighted by atomic mass is 16.5. The zero-order valence-corrected chi connectivity index (χ0v) is 9.11. The predicted octanol–water partition coefficient (Wildman–Crippen LogP) is 0.127. The maximum absolute atomic E-state index is 11.6. The molecule has 3 saturated heterocycles. The van der Waals surface area contributed by atoms with Crippen molar-refractivity contribution in [3.63, 3.8) is 0 Å². The molecule has 0 aliphatic carbocycles. The van der Waals surface area contributed by atoms with Crippen molar-refractivity contribution in [2.75, 3.05) is 13.1 Å². The molecule has 4 nitrogen and oxygen atoms in total. The quantitative estimate of drug-likeness (QED) is 0.719. The van der Waals surface area contributed by atoms with Crippen molar-refractivity contribution < 1.29 is 9.53 Å². The van der Waals surface area contributed by atoms with E-state index in [1.54, 1.807) is 0 Å². The molecule has 0 aromatic heterocycles. The Morgan fingerprint density at radius 2 is 2.40 bits per heavy atom. The number of hydrogen-bond acceptors (Lipinski definition) is 3. The van der Waals surface area contributed by atoms with E-state index < -0.39 is 0 Å². The summed E-state index contributed by atoms with van der Waals surface area (Å²) in [6, 6.07) is 0.729. The molecule has 4 unspecified atom stereocenters. The Bertz CT molecular complexity index is 268. The molecule has 4 atom stereocenters. The summed E-state index contributed by atoms with van der Waals surface area (Å²) in [7, 11) is 0. The third-order valence-corrected chi connectivity index (χ3v) is 3.84. The van der Waals surface area contributed by atoms with E-state index in [9.17, 15) is 4.79 Å². The van der Waals surface area contributed by atoms with Crippen LogP contribution in [0.15, 0.2) is 0 Å². The molecule has 1 N–H and O–H groups in total. The SMILES string of the molecule is CCCC(=O)NC1C2CN3CCC(O2)C13. The highest BCUT2D eigenvalue weighted by molar-refractivity contribution is 5.76. The summed E-state index contributed by atoms with van der Waals surface area (Å²) in [6.45, 7) is 4.19. The molecular weight excluding hydrogens is 192 g/mol. The number of ether oxygens (including phenoxy) is 1. The van der Waals surface area contributed by atoms with Gasteiger partial charge in [0.15, 0.2) is 0 Å². The van der Waals surface area contributed by atoms with E-state index in [1.807, 2.05) is 6.92 Å². The van der Waals surface area contributed by atoms with Crippen LogP contribution in [0.2, 0.25) is 0 Å². The topological polar surface area (TPSA) is 41.6 Å². The first-order valence-electron chi connectivity index (χ1n) is 5.98. The van der Waals surface area contributed by atoms with E-state index in [0.29, 0.717) is 18.6 Å². The minimum atomic E-state index is 0.186. The van der Waals surface area contributed by atoms with Crippen LogP contribution >= 0.6 is 0 Å². The zero-order valence-electron chi connectivity index (χ0n) is 9.11. The molecule has 0 saturated carbocycles. The Morgan fingerprint density at radius 3 is 3.13 bits per heavy atom. The molecule has 3 aliphatic heterocycles. The number of hydrogen-bond donors (Lipinski definition) is 1. The second-order valence-electron chi connectivity index (χ2n) is 4.83. The van der Waals surface area contributed by atoms with Gasteiger partial charge in [-0.1, -0.05) is 6.92 Å². The minimum Gasteiger partial charge on any atom is -0.370 e. The highest BCUT2D eigenvalue weighted by Gasteiger charge is 2.57. The van der Waals surface area contributed by atoms with Gasteiger partial charge >= 0.3 is 0 Å². The Morgan fingerprint density at radius 1 is 1.53 bits per heavy atom. The van der Waals surface area contributed by atoms with E-state index >= 15 is 0 Å². The van der Waals surface area contributed by atoms with Crippen molar-refractivity contribution in [1.29, 1.82) is 0 Å². The maximum Gasteiger partial charge on any atom is 0.220 e. The van der Waals surface area contributed by atoms with E-state index in [0.717, 1.165) is 25.9 Å². The Labute approximate surface area is 90.0 Å². The predicted molar refractivity (Wildman–Crippen MR) is 55.5 cm³/mol. The fraction of sp³-hybridized carbons (Fsp3) is 0.909. The van der Waals surface area contributed by atoms with Gasteiger partial charge in [-0.05, 0) is 12.8 Å². The summed E-state index contributed by atoms with van der Waals surface area (Å²) in [6.07, 6.45) is 3.34. The monoisotopic (exact) mass is 210 g/mol. The van der Waals surface area contributed by atoms with E-state index in [2.05, 4.69) is 10.2 Å². The number of morpholine rings is 1. The minimum absolute atomic E-state index is 0.186. The molecule has 3 fully saturated rings. The van der Waals surface area contributed by atoms with Gasteiger partial charge in [0.2, 0.25) is 5.91 Å². The average Bonchev–Trinajstić information content (AvgIpc) is 2.75. The summed E-state index contributed by atoms with van der Waals surface area (Å²) >= 11 is 0. The Hall–Kier alpha value is -0.610. The van der Waals surface area contributed by atoms with Crippen LogP contribution in [-0.2, 0) is 9.53 Å². The number of carbonyl (C=O) groups excluding carboxylic acids is 1. The number of amides is 1. The molecule has 84 valence electrons. The second-order valence-corrected chi connectivity index (χ2v) is 4.83. The van der Waals surface area contributed by atoms with Crippen LogP contribution in [-0.4, -0.2) is 48.2 Å². The molecule has 0 radical (unpaired) electrons. The molecule has 15 heavy (non-hydrogen) atoms.